The molecule has 5 nitrogen and oxygen atoms in total. The molecule has 0 radical (unpaired) electrons. The van der Waals surface area contributed by atoms with Crippen LogP contribution in [0.3, 0.4) is 0 Å². The van der Waals surface area contributed by atoms with Crippen LogP contribution in [-0.4, -0.2) is 24.5 Å². The second kappa shape index (κ2) is 6.49. The molecule has 124 valence electrons. The van der Waals surface area contributed by atoms with E-state index in [0.717, 1.165) is 22.6 Å². The van der Waals surface area contributed by atoms with Crippen LogP contribution in [-0.2, 0) is 6.54 Å². The van der Waals surface area contributed by atoms with Gasteiger partial charge in [-0.15, -0.1) is 5.10 Å². The first-order valence-electron chi connectivity index (χ1n) is 7.64. The summed E-state index contributed by atoms with van der Waals surface area (Å²) in [6.07, 6.45) is 3.47. The zero-order valence-electron chi connectivity index (χ0n) is 13.0. The molecule has 0 aliphatic rings. The molecule has 0 N–H and O–H groups in total. The Morgan fingerprint density at radius 1 is 1.00 bits per heavy atom. The fourth-order valence-corrected chi connectivity index (χ4v) is 2.78. The third-order valence-electron chi connectivity index (χ3n) is 3.84. The van der Waals surface area contributed by atoms with Gasteiger partial charge in [0.2, 0.25) is 0 Å². The van der Waals surface area contributed by atoms with Crippen molar-refractivity contribution >= 4 is 11.6 Å². The molecular weight excluding hydrogens is 341 g/mol. The van der Waals surface area contributed by atoms with E-state index in [1.165, 1.54) is 12.1 Å². The maximum Gasteiger partial charge on any atom is 0.152 e. The van der Waals surface area contributed by atoms with Crippen molar-refractivity contribution in [2.45, 2.75) is 6.54 Å². The monoisotopic (exact) mass is 353 g/mol. The SMILES string of the molecule is Fc1ccc(-n2cnc(Cl)c2Cn2cc(-c3ccccc3)nn2)cc1. The fourth-order valence-electron chi connectivity index (χ4n) is 2.59. The lowest BCUT2D eigenvalue weighted by Gasteiger charge is -2.08. The molecule has 2 aromatic carbocycles. The van der Waals surface area contributed by atoms with Crippen LogP contribution in [0.2, 0.25) is 5.15 Å². The molecule has 0 unspecified atom stereocenters. The molecule has 2 heterocycles. The lowest BCUT2D eigenvalue weighted by Crippen LogP contribution is -2.07. The van der Waals surface area contributed by atoms with Crippen LogP contribution in [0, 0.1) is 5.82 Å². The molecule has 0 atom stereocenters. The summed E-state index contributed by atoms with van der Waals surface area (Å²) in [5.41, 5.74) is 3.30. The maximum atomic E-state index is 13.1. The quantitative estimate of drug-likeness (QED) is 0.557. The zero-order chi connectivity index (χ0) is 17.2. The van der Waals surface area contributed by atoms with Crippen LogP contribution in [0.15, 0.2) is 67.1 Å². The van der Waals surface area contributed by atoms with Gasteiger partial charge in [0.1, 0.15) is 17.8 Å². The predicted octanol–water partition coefficient (Wildman–Crippen LogP) is 3.97. The van der Waals surface area contributed by atoms with Gasteiger partial charge in [0.05, 0.1) is 18.4 Å². The van der Waals surface area contributed by atoms with Gasteiger partial charge in [-0.3, -0.25) is 4.57 Å². The van der Waals surface area contributed by atoms with Crippen molar-refractivity contribution in [3.8, 4) is 16.9 Å². The highest BCUT2D eigenvalue weighted by atomic mass is 35.5. The summed E-state index contributed by atoms with van der Waals surface area (Å²) >= 11 is 6.23. The summed E-state index contributed by atoms with van der Waals surface area (Å²) in [6.45, 7) is 0.399. The van der Waals surface area contributed by atoms with E-state index in [-0.39, 0.29) is 5.82 Å². The Morgan fingerprint density at radius 2 is 1.76 bits per heavy atom. The van der Waals surface area contributed by atoms with Crippen LogP contribution >= 0.6 is 11.6 Å². The minimum absolute atomic E-state index is 0.291. The van der Waals surface area contributed by atoms with Crippen LogP contribution in [0.5, 0.6) is 0 Å². The minimum Gasteiger partial charge on any atom is -0.300 e. The molecule has 0 bridgehead atoms. The molecule has 4 rings (SSSR count). The van der Waals surface area contributed by atoms with Crippen molar-refractivity contribution in [3.63, 3.8) is 0 Å². The van der Waals surface area contributed by atoms with Gasteiger partial charge in [0.25, 0.3) is 0 Å². The smallest absolute Gasteiger partial charge is 0.152 e. The minimum atomic E-state index is -0.291. The summed E-state index contributed by atoms with van der Waals surface area (Å²) in [4.78, 5) is 4.15. The van der Waals surface area contributed by atoms with Gasteiger partial charge in [0.15, 0.2) is 5.15 Å². The van der Waals surface area contributed by atoms with E-state index in [0.29, 0.717) is 11.7 Å². The van der Waals surface area contributed by atoms with Gasteiger partial charge in [0, 0.05) is 11.3 Å². The molecule has 0 amide bonds. The highest BCUT2D eigenvalue weighted by Gasteiger charge is 2.13. The Kier molecular flexibility index (Phi) is 4.03. The lowest BCUT2D eigenvalue weighted by molar-refractivity contribution is 0.624. The van der Waals surface area contributed by atoms with E-state index in [1.807, 2.05) is 41.1 Å². The van der Waals surface area contributed by atoms with Crippen molar-refractivity contribution in [2.24, 2.45) is 0 Å². The second-order valence-corrected chi connectivity index (χ2v) is 5.85. The molecule has 7 heteroatoms. The largest absolute Gasteiger partial charge is 0.300 e. The number of nitrogens with zero attached hydrogens (tertiary/aromatic N) is 5. The van der Waals surface area contributed by atoms with E-state index in [1.54, 1.807) is 23.1 Å². The summed E-state index contributed by atoms with van der Waals surface area (Å²) in [5.74, 6) is -0.291. The standard InChI is InChI=1S/C18H13ClFN5/c19-18-17(25(12-21-18)15-8-6-14(20)7-9-15)11-24-10-16(22-23-24)13-4-2-1-3-5-13/h1-10,12H,11H2. The van der Waals surface area contributed by atoms with Crippen molar-refractivity contribution in [2.75, 3.05) is 0 Å². The molecule has 0 aliphatic carbocycles. The van der Waals surface area contributed by atoms with E-state index in [9.17, 15) is 4.39 Å². The first-order chi connectivity index (χ1) is 12.2. The molecule has 2 aromatic heterocycles. The molecule has 0 aliphatic heterocycles. The Morgan fingerprint density at radius 3 is 2.52 bits per heavy atom. The van der Waals surface area contributed by atoms with Gasteiger partial charge >= 0.3 is 0 Å². The van der Waals surface area contributed by atoms with Crippen molar-refractivity contribution in [3.05, 3.63) is 83.8 Å². The second-order valence-electron chi connectivity index (χ2n) is 5.50. The zero-order valence-corrected chi connectivity index (χ0v) is 13.8. The number of halogens is 2. The molecule has 25 heavy (non-hydrogen) atoms. The summed E-state index contributed by atoms with van der Waals surface area (Å²) in [7, 11) is 0. The summed E-state index contributed by atoms with van der Waals surface area (Å²) in [5, 5.41) is 8.74. The third kappa shape index (κ3) is 3.16. The predicted molar refractivity (Wildman–Crippen MR) is 93.1 cm³/mol. The van der Waals surface area contributed by atoms with Crippen LogP contribution in [0.25, 0.3) is 16.9 Å². The topological polar surface area (TPSA) is 48.5 Å². The van der Waals surface area contributed by atoms with Crippen molar-refractivity contribution in [1.29, 1.82) is 0 Å². The number of hydrogen-bond acceptors (Lipinski definition) is 3. The van der Waals surface area contributed by atoms with Crippen LogP contribution in [0.1, 0.15) is 5.69 Å². The first kappa shape index (κ1) is 15.5. The van der Waals surface area contributed by atoms with Gasteiger partial charge < -0.3 is 0 Å². The van der Waals surface area contributed by atoms with Crippen molar-refractivity contribution in [1.82, 2.24) is 24.5 Å². The highest BCUT2D eigenvalue weighted by Crippen LogP contribution is 2.21. The van der Waals surface area contributed by atoms with Gasteiger partial charge in [-0.1, -0.05) is 47.1 Å². The molecule has 0 saturated heterocycles. The Bertz CT molecular complexity index is 992. The van der Waals surface area contributed by atoms with E-state index in [2.05, 4.69) is 15.3 Å². The summed E-state index contributed by atoms with van der Waals surface area (Å²) < 4.78 is 16.7. The third-order valence-corrected chi connectivity index (χ3v) is 4.16. The average molecular weight is 354 g/mol. The Hall–Kier alpha value is -2.99. The number of aromatic nitrogens is 5. The Balaban J connectivity index is 1.65. The van der Waals surface area contributed by atoms with Crippen LogP contribution in [0.4, 0.5) is 4.39 Å². The molecular formula is C18H13ClFN5. The van der Waals surface area contributed by atoms with E-state index >= 15 is 0 Å². The van der Waals surface area contributed by atoms with Gasteiger partial charge in [-0.05, 0) is 24.3 Å². The molecule has 0 saturated carbocycles. The lowest BCUT2D eigenvalue weighted by atomic mass is 10.2. The first-order valence-corrected chi connectivity index (χ1v) is 8.02. The molecule has 4 aromatic rings. The Labute approximate surface area is 148 Å². The van der Waals surface area contributed by atoms with Gasteiger partial charge in [-0.25, -0.2) is 14.1 Å². The normalized spacial score (nSPS) is 11.0. The highest BCUT2D eigenvalue weighted by molar-refractivity contribution is 6.30. The number of hydrogen-bond donors (Lipinski definition) is 0. The van der Waals surface area contributed by atoms with Gasteiger partial charge in [-0.2, -0.15) is 0 Å². The molecule has 0 fully saturated rings. The molecule has 0 spiro atoms. The van der Waals surface area contributed by atoms with Crippen molar-refractivity contribution < 1.29 is 4.39 Å². The van der Waals surface area contributed by atoms with E-state index < -0.39 is 0 Å². The van der Waals surface area contributed by atoms with Crippen LogP contribution < -0.4 is 0 Å². The summed E-state index contributed by atoms with van der Waals surface area (Å²) in [6, 6.07) is 16.0. The fraction of sp³-hybridized carbons (Fsp3) is 0.0556. The maximum absolute atomic E-state index is 13.1. The number of imidazole rings is 1. The number of rotatable bonds is 4. The number of benzene rings is 2. The average Bonchev–Trinajstić information content (AvgIpc) is 3.25. The van der Waals surface area contributed by atoms with E-state index in [4.69, 9.17) is 11.6 Å².